The van der Waals surface area contributed by atoms with Gasteiger partial charge in [0.25, 0.3) is 0 Å². The number of hydrogen-bond donors (Lipinski definition) is 2. The first-order chi connectivity index (χ1) is 12.8. The lowest BCUT2D eigenvalue weighted by molar-refractivity contribution is 0.147. The van der Waals surface area contributed by atoms with E-state index in [1.165, 1.54) is 6.33 Å². The fourth-order valence-electron chi connectivity index (χ4n) is 3.53. The van der Waals surface area contributed by atoms with E-state index in [-0.39, 0.29) is 12.1 Å². The topological polar surface area (TPSA) is 91.7 Å². The molecule has 2 aromatic heterocycles. The molecule has 0 radical (unpaired) electrons. The fourth-order valence-corrected chi connectivity index (χ4v) is 3.53. The third-order valence-corrected chi connectivity index (χ3v) is 4.88. The molecule has 2 N–H and O–H groups in total. The van der Waals surface area contributed by atoms with Crippen molar-refractivity contribution in [1.82, 2.24) is 34.9 Å². The fraction of sp³-hybridized carbons (Fsp3) is 0.444. The predicted octanol–water partition coefficient (Wildman–Crippen LogP) is 2.61. The van der Waals surface area contributed by atoms with Crippen molar-refractivity contribution >= 4 is 17.1 Å². The van der Waals surface area contributed by atoms with Crippen molar-refractivity contribution in [2.45, 2.75) is 45.3 Å². The van der Waals surface area contributed by atoms with Crippen LogP contribution >= 0.6 is 0 Å². The van der Waals surface area contributed by atoms with Gasteiger partial charge in [0.15, 0.2) is 0 Å². The zero-order valence-electron chi connectivity index (χ0n) is 14.9. The van der Waals surface area contributed by atoms with Gasteiger partial charge in [-0.25, -0.2) is 19.4 Å². The Morgan fingerprint density at radius 2 is 2.23 bits per heavy atom. The van der Waals surface area contributed by atoms with Gasteiger partial charge < -0.3 is 15.2 Å². The monoisotopic (exact) mass is 353 g/mol. The molecule has 3 heterocycles. The maximum absolute atomic E-state index is 12.8. The molecule has 136 valence electrons. The number of aromatic amines is 1. The molecular weight excluding hydrogens is 330 g/mol. The van der Waals surface area contributed by atoms with Crippen molar-refractivity contribution in [3.63, 3.8) is 0 Å². The van der Waals surface area contributed by atoms with Crippen LogP contribution in [0.1, 0.15) is 43.9 Å². The average molecular weight is 353 g/mol. The minimum atomic E-state index is -0.0826. The van der Waals surface area contributed by atoms with Crippen molar-refractivity contribution in [2.24, 2.45) is 0 Å². The number of imidazole rings is 1. The molecule has 0 bridgehead atoms. The molecule has 1 atom stereocenters. The van der Waals surface area contributed by atoms with Crippen LogP contribution in [0.3, 0.4) is 0 Å². The summed E-state index contributed by atoms with van der Waals surface area (Å²) in [6.07, 6.45) is 4.53. The van der Waals surface area contributed by atoms with Crippen LogP contribution < -0.4 is 5.32 Å². The van der Waals surface area contributed by atoms with E-state index >= 15 is 0 Å². The van der Waals surface area contributed by atoms with Crippen LogP contribution in [-0.4, -0.2) is 42.2 Å². The van der Waals surface area contributed by atoms with Gasteiger partial charge in [-0.15, -0.1) is 0 Å². The minimum absolute atomic E-state index is 0.0276. The van der Waals surface area contributed by atoms with Crippen LogP contribution in [0.4, 0.5) is 4.79 Å². The minimum Gasteiger partial charge on any atom is -0.340 e. The number of nitrogens with zero attached hydrogens (tertiary/aromatic N) is 5. The van der Waals surface area contributed by atoms with Crippen LogP contribution in [0.5, 0.6) is 0 Å². The molecule has 1 saturated heterocycles. The number of para-hydroxylation sites is 2. The van der Waals surface area contributed by atoms with Gasteiger partial charge in [-0.1, -0.05) is 12.1 Å². The standard InChI is InChI=1S/C18H23N7O/c1-2-25-16(20-12-21-25)11-19-18(26)24-10-6-5-9-15(24)17-22-13-7-3-4-8-14(13)23-17/h3-4,7-8,12,15H,2,5-6,9-11H2,1H3,(H,19,26)(H,22,23). The van der Waals surface area contributed by atoms with Gasteiger partial charge in [-0.05, 0) is 38.3 Å². The van der Waals surface area contributed by atoms with Crippen molar-refractivity contribution in [3.8, 4) is 0 Å². The van der Waals surface area contributed by atoms with Crippen molar-refractivity contribution in [1.29, 1.82) is 0 Å². The SMILES string of the molecule is CCn1ncnc1CNC(=O)N1CCCCC1c1nc2ccccc2[nH]1. The second-order valence-corrected chi connectivity index (χ2v) is 6.49. The summed E-state index contributed by atoms with van der Waals surface area (Å²) in [5, 5.41) is 7.12. The van der Waals surface area contributed by atoms with Crippen LogP contribution in [-0.2, 0) is 13.1 Å². The highest BCUT2D eigenvalue weighted by Crippen LogP contribution is 2.30. The van der Waals surface area contributed by atoms with E-state index in [2.05, 4.69) is 20.4 Å². The number of aromatic nitrogens is 5. The molecule has 1 aromatic carbocycles. The highest BCUT2D eigenvalue weighted by molar-refractivity contribution is 5.76. The molecule has 1 unspecified atom stereocenters. The summed E-state index contributed by atoms with van der Waals surface area (Å²) in [6, 6.07) is 7.85. The van der Waals surface area contributed by atoms with Crippen molar-refractivity contribution in [3.05, 3.63) is 42.2 Å². The van der Waals surface area contributed by atoms with E-state index in [1.807, 2.05) is 36.1 Å². The van der Waals surface area contributed by atoms with Crippen molar-refractivity contribution < 1.29 is 4.79 Å². The lowest BCUT2D eigenvalue weighted by atomic mass is 10.0. The molecule has 0 spiro atoms. The Labute approximate surface area is 151 Å². The summed E-state index contributed by atoms with van der Waals surface area (Å²) in [5.74, 6) is 1.62. The summed E-state index contributed by atoms with van der Waals surface area (Å²) < 4.78 is 1.78. The van der Waals surface area contributed by atoms with E-state index in [1.54, 1.807) is 4.68 Å². The third-order valence-electron chi connectivity index (χ3n) is 4.88. The Balaban J connectivity index is 1.50. The van der Waals surface area contributed by atoms with E-state index in [9.17, 15) is 4.79 Å². The maximum atomic E-state index is 12.8. The quantitative estimate of drug-likeness (QED) is 0.754. The molecule has 1 aliphatic rings. The van der Waals surface area contributed by atoms with Crippen LogP contribution in [0.15, 0.2) is 30.6 Å². The van der Waals surface area contributed by atoms with Crippen LogP contribution in [0.2, 0.25) is 0 Å². The van der Waals surface area contributed by atoms with E-state index in [0.29, 0.717) is 6.54 Å². The van der Waals surface area contributed by atoms with Gasteiger partial charge in [-0.2, -0.15) is 5.10 Å². The molecule has 2 amide bonds. The molecule has 3 aromatic rings. The molecular formula is C18H23N7O. The highest BCUT2D eigenvalue weighted by Gasteiger charge is 2.30. The van der Waals surface area contributed by atoms with Gasteiger partial charge in [0, 0.05) is 13.1 Å². The van der Waals surface area contributed by atoms with Gasteiger partial charge in [0.1, 0.15) is 18.0 Å². The second kappa shape index (κ2) is 7.15. The number of rotatable bonds is 4. The number of H-pyrrole nitrogens is 1. The number of benzene rings is 1. The first kappa shape index (κ1) is 16.6. The van der Waals surface area contributed by atoms with E-state index in [0.717, 1.165) is 55.0 Å². The summed E-state index contributed by atoms with van der Waals surface area (Å²) in [4.78, 5) is 27.0. The Morgan fingerprint density at radius 1 is 1.35 bits per heavy atom. The Hall–Kier alpha value is -2.90. The zero-order valence-corrected chi connectivity index (χ0v) is 14.9. The summed E-state index contributed by atoms with van der Waals surface area (Å²) in [5.41, 5.74) is 1.94. The molecule has 26 heavy (non-hydrogen) atoms. The average Bonchev–Trinajstić information content (AvgIpc) is 3.32. The summed E-state index contributed by atoms with van der Waals surface area (Å²) in [6.45, 7) is 3.84. The number of hydrogen-bond acceptors (Lipinski definition) is 4. The van der Waals surface area contributed by atoms with Gasteiger partial charge in [-0.3, -0.25) is 0 Å². The first-order valence-electron chi connectivity index (χ1n) is 9.12. The normalized spacial score (nSPS) is 17.6. The number of carbonyl (C=O) groups excluding carboxylic acids is 1. The van der Waals surface area contributed by atoms with E-state index < -0.39 is 0 Å². The number of likely N-dealkylation sites (tertiary alicyclic amines) is 1. The summed E-state index contributed by atoms with van der Waals surface area (Å²) in [7, 11) is 0. The Kier molecular flexibility index (Phi) is 4.55. The molecule has 1 fully saturated rings. The number of nitrogens with one attached hydrogen (secondary N) is 2. The largest absolute Gasteiger partial charge is 0.340 e. The number of piperidine rings is 1. The number of fused-ring (bicyclic) bond motifs is 1. The smallest absolute Gasteiger partial charge is 0.318 e. The first-order valence-corrected chi connectivity index (χ1v) is 9.12. The molecule has 4 rings (SSSR count). The van der Waals surface area contributed by atoms with Gasteiger partial charge >= 0.3 is 6.03 Å². The molecule has 1 aliphatic heterocycles. The number of aryl methyl sites for hydroxylation is 1. The van der Waals surface area contributed by atoms with Crippen LogP contribution in [0, 0.1) is 0 Å². The maximum Gasteiger partial charge on any atom is 0.318 e. The van der Waals surface area contributed by atoms with Gasteiger partial charge in [0.05, 0.1) is 23.6 Å². The predicted molar refractivity (Wildman–Crippen MR) is 97.3 cm³/mol. The second-order valence-electron chi connectivity index (χ2n) is 6.49. The van der Waals surface area contributed by atoms with Gasteiger partial charge in [0.2, 0.25) is 0 Å². The molecule has 8 nitrogen and oxygen atoms in total. The van der Waals surface area contributed by atoms with E-state index in [4.69, 9.17) is 4.98 Å². The van der Waals surface area contributed by atoms with Crippen molar-refractivity contribution in [2.75, 3.05) is 6.54 Å². The number of carbonyl (C=O) groups is 1. The molecule has 0 aliphatic carbocycles. The lowest BCUT2D eigenvalue weighted by Crippen LogP contribution is -2.45. The molecule has 8 heteroatoms. The Morgan fingerprint density at radius 3 is 3.08 bits per heavy atom. The summed E-state index contributed by atoms with van der Waals surface area (Å²) >= 11 is 0. The Bertz CT molecular complexity index is 867. The third kappa shape index (κ3) is 3.14. The number of urea groups is 1. The zero-order chi connectivity index (χ0) is 17.9. The highest BCUT2D eigenvalue weighted by atomic mass is 16.2. The van der Waals surface area contributed by atoms with Crippen LogP contribution in [0.25, 0.3) is 11.0 Å². The molecule has 0 saturated carbocycles. The number of amides is 2. The lowest BCUT2D eigenvalue weighted by Gasteiger charge is -2.34.